The monoisotopic (exact) mass is 210 g/mol. The van der Waals surface area contributed by atoms with Gasteiger partial charge in [0.15, 0.2) is 0 Å². The molecule has 0 atom stereocenters. The first-order valence-electron chi connectivity index (χ1n) is 5.03. The van der Waals surface area contributed by atoms with Gasteiger partial charge in [-0.1, -0.05) is 11.6 Å². The van der Waals surface area contributed by atoms with Gasteiger partial charge in [-0.2, -0.15) is 0 Å². The number of rotatable bonds is 1. The van der Waals surface area contributed by atoms with Crippen molar-refractivity contribution in [1.29, 1.82) is 0 Å². The molecule has 3 N–H and O–H groups in total. The lowest BCUT2D eigenvalue weighted by Crippen LogP contribution is -2.27. The van der Waals surface area contributed by atoms with Crippen LogP contribution in [0.5, 0.6) is 0 Å². The van der Waals surface area contributed by atoms with Crippen LogP contribution >= 0.6 is 11.6 Å². The highest BCUT2D eigenvalue weighted by Gasteiger charge is 2.17. The molecule has 1 aromatic carbocycles. The fourth-order valence-electron chi connectivity index (χ4n) is 2.03. The van der Waals surface area contributed by atoms with Crippen LogP contribution in [0.2, 0.25) is 5.02 Å². The third kappa shape index (κ3) is 2.02. The number of nitrogens with one attached hydrogen (secondary N) is 1. The first-order chi connectivity index (χ1) is 6.77. The minimum Gasteiger partial charge on any atom is -0.398 e. The van der Waals surface area contributed by atoms with Gasteiger partial charge in [0.2, 0.25) is 0 Å². The molecule has 1 aliphatic heterocycles. The van der Waals surface area contributed by atoms with E-state index < -0.39 is 0 Å². The maximum Gasteiger partial charge on any atom is 0.0410 e. The quantitative estimate of drug-likeness (QED) is 0.699. The number of piperidine rings is 1. The smallest absolute Gasteiger partial charge is 0.0410 e. The van der Waals surface area contributed by atoms with Crippen molar-refractivity contribution in [2.24, 2.45) is 0 Å². The summed E-state index contributed by atoms with van der Waals surface area (Å²) >= 11 is 5.96. The maximum atomic E-state index is 5.96. The molecule has 0 aliphatic carbocycles. The second-order valence-electron chi connectivity index (χ2n) is 3.80. The van der Waals surface area contributed by atoms with Gasteiger partial charge in [-0.25, -0.2) is 0 Å². The fraction of sp³-hybridized carbons (Fsp3) is 0.455. The van der Waals surface area contributed by atoms with E-state index in [9.17, 15) is 0 Å². The van der Waals surface area contributed by atoms with E-state index >= 15 is 0 Å². The molecule has 1 aromatic rings. The predicted molar refractivity (Wildman–Crippen MR) is 60.7 cm³/mol. The number of nitrogen functional groups attached to an aromatic ring is 1. The second kappa shape index (κ2) is 4.20. The molecule has 0 aromatic heterocycles. The molecule has 76 valence electrons. The summed E-state index contributed by atoms with van der Waals surface area (Å²) in [7, 11) is 0. The molecule has 1 fully saturated rings. The van der Waals surface area contributed by atoms with E-state index in [2.05, 4.69) is 5.32 Å². The van der Waals surface area contributed by atoms with Crippen LogP contribution in [0.1, 0.15) is 24.3 Å². The Bertz CT molecular complexity index is 319. The number of hydrogen-bond acceptors (Lipinski definition) is 2. The SMILES string of the molecule is Nc1ccc(Cl)cc1C1CCNCC1. The fourth-order valence-corrected chi connectivity index (χ4v) is 2.21. The molecule has 3 heteroatoms. The van der Waals surface area contributed by atoms with Crippen LogP contribution in [-0.2, 0) is 0 Å². The summed E-state index contributed by atoms with van der Waals surface area (Å²) in [6, 6.07) is 5.76. The van der Waals surface area contributed by atoms with Crippen LogP contribution in [0.25, 0.3) is 0 Å². The Hall–Kier alpha value is -0.730. The normalized spacial score (nSPS) is 18.4. The third-order valence-corrected chi connectivity index (χ3v) is 3.06. The number of benzene rings is 1. The summed E-state index contributed by atoms with van der Waals surface area (Å²) in [6.07, 6.45) is 2.31. The largest absolute Gasteiger partial charge is 0.398 e. The van der Waals surface area contributed by atoms with Crippen LogP contribution in [0.3, 0.4) is 0 Å². The molecule has 1 aliphatic rings. The van der Waals surface area contributed by atoms with Gasteiger partial charge >= 0.3 is 0 Å². The van der Waals surface area contributed by atoms with Crippen molar-refractivity contribution in [1.82, 2.24) is 5.32 Å². The first-order valence-corrected chi connectivity index (χ1v) is 5.41. The molecule has 0 unspecified atom stereocenters. The molecule has 0 amide bonds. The molecule has 0 radical (unpaired) electrons. The van der Waals surface area contributed by atoms with Crippen molar-refractivity contribution in [3.8, 4) is 0 Å². The van der Waals surface area contributed by atoms with Gasteiger partial charge in [0, 0.05) is 10.7 Å². The zero-order valence-electron chi connectivity index (χ0n) is 8.09. The Morgan fingerprint density at radius 2 is 2.00 bits per heavy atom. The molecule has 14 heavy (non-hydrogen) atoms. The van der Waals surface area contributed by atoms with E-state index in [-0.39, 0.29) is 0 Å². The van der Waals surface area contributed by atoms with Crippen LogP contribution in [-0.4, -0.2) is 13.1 Å². The minimum absolute atomic E-state index is 0.579. The Labute approximate surface area is 89.4 Å². The molecule has 0 spiro atoms. The van der Waals surface area contributed by atoms with Crippen LogP contribution in [0, 0.1) is 0 Å². The Morgan fingerprint density at radius 3 is 2.71 bits per heavy atom. The van der Waals surface area contributed by atoms with E-state index in [4.69, 9.17) is 17.3 Å². The lowest BCUT2D eigenvalue weighted by Gasteiger charge is -2.24. The summed E-state index contributed by atoms with van der Waals surface area (Å²) < 4.78 is 0. The predicted octanol–water partition coefficient (Wildman–Crippen LogP) is 2.39. The lowest BCUT2D eigenvalue weighted by molar-refractivity contribution is 0.461. The standard InChI is InChI=1S/C11H15ClN2/c12-9-1-2-11(13)10(7-9)8-3-5-14-6-4-8/h1-2,7-8,14H,3-6,13H2. The highest BCUT2D eigenvalue weighted by molar-refractivity contribution is 6.30. The second-order valence-corrected chi connectivity index (χ2v) is 4.23. The highest BCUT2D eigenvalue weighted by atomic mass is 35.5. The van der Waals surface area contributed by atoms with Crippen molar-refractivity contribution < 1.29 is 0 Å². The van der Waals surface area contributed by atoms with Crippen LogP contribution in [0.15, 0.2) is 18.2 Å². The van der Waals surface area contributed by atoms with E-state index in [0.717, 1.165) is 36.6 Å². The summed E-state index contributed by atoms with van der Waals surface area (Å²) in [5.74, 6) is 0.579. The van der Waals surface area contributed by atoms with Crippen LogP contribution < -0.4 is 11.1 Å². The third-order valence-electron chi connectivity index (χ3n) is 2.83. The highest BCUT2D eigenvalue weighted by Crippen LogP contribution is 2.31. The number of nitrogens with two attached hydrogens (primary N) is 1. The van der Waals surface area contributed by atoms with Crippen molar-refractivity contribution >= 4 is 17.3 Å². The number of halogens is 1. The van der Waals surface area contributed by atoms with Gasteiger partial charge in [0.05, 0.1) is 0 Å². The summed E-state index contributed by atoms with van der Waals surface area (Å²) in [5.41, 5.74) is 8.04. The molecule has 2 nitrogen and oxygen atoms in total. The van der Waals surface area contributed by atoms with Crippen LogP contribution in [0.4, 0.5) is 5.69 Å². The van der Waals surface area contributed by atoms with Gasteiger partial charge in [-0.05, 0) is 55.6 Å². The van der Waals surface area contributed by atoms with E-state index in [1.165, 1.54) is 5.56 Å². The minimum atomic E-state index is 0.579. The number of hydrogen-bond donors (Lipinski definition) is 2. The zero-order valence-corrected chi connectivity index (χ0v) is 8.85. The molecule has 0 bridgehead atoms. The van der Waals surface area contributed by atoms with E-state index in [0.29, 0.717) is 5.92 Å². The summed E-state index contributed by atoms with van der Waals surface area (Å²) in [5, 5.41) is 4.13. The molecule has 1 heterocycles. The van der Waals surface area contributed by atoms with Crippen molar-refractivity contribution in [3.05, 3.63) is 28.8 Å². The van der Waals surface area contributed by atoms with Crippen molar-refractivity contribution in [2.75, 3.05) is 18.8 Å². The first kappa shape index (κ1) is 9.81. The average Bonchev–Trinajstić information content (AvgIpc) is 2.23. The molecule has 2 rings (SSSR count). The Balaban J connectivity index is 2.24. The summed E-state index contributed by atoms with van der Waals surface area (Å²) in [4.78, 5) is 0. The topological polar surface area (TPSA) is 38.0 Å². The number of anilines is 1. The van der Waals surface area contributed by atoms with E-state index in [1.54, 1.807) is 0 Å². The van der Waals surface area contributed by atoms with E-state index in [1.807, 2.05) is 18.2 Å². The van der Waals surface area contributed by atoms with Gasteiger partial charge in [-0.15, -0.1) is 0 Å². The average molecular weight is 211 g/mol. The van der Waals surface area contributed by atoms with Crippen molar-refractivity contribution in [2.45, 2.75) is 18.8 Å². The van der Waals surface area contributed by atoms with Gasteiger partial charge < -0.3 is 11.1 Å². The Morgan fingerprint density at radius 1 is 1.29 bits per heavy atom. The molecule has 0 saturated carbocycles. The van der Waals surface area contributed by atoms with Gasteiger partial charge in [0.25, 0.3) is 0 Å². The van der Waals surface area contributed by atoms with Crippen molar-refractivity contribution in [3.63, 3.8) is 0 Å². The molecular weight excluding hydrogens is 196 g/mol. The lowest BCUT2D eigenvalue weighted by atomic mass is 9.89. The molecular formula is C11H15ClN2. The van der Waals surface area contributed by atoms with Gasteiger partial charge in [0.1, 0.15) is 0 Å². The summed E-state index contributed by atoms with van der Waals surface area (Å²) in [6.45, 7) is 2.16. The Kier molecular flexibility index (Phi) is 2.94. The zero-order chi connectivity index (χ0) is 9.97. The molecule has 1 saturated heterocycles. The van der Waals surface area contributed by atoms with Gasteiger partial charge in [-0.3, -0.25) is 0 Å². The maximum absolute atomic E-state index is 5.96.